The first-order valence-corrected chi connectivity index (χ1v) is 9.97. The molecule has 2 aliphatic carbocycles. The summed E-state index contributed by atoms with van der Waals surface area (Å²) >= 11 is 0. The normalized spacial score (nSPS) is 29.7. The van der Waals surface area contributed by atoms with Crippen molar-refractivity contribution in [3.8, 4) is 0 Å². The summed E-state index contributed by atoms with van der Waals surface area (Å²) in [4.78, 5) is 50.4. The van der Waals surface area contributed by atoms with Crippen molar-refractivity contribution in [2.75, 3.05) is 6.54 Å². The zero-order valence-corrected chi connectivity index (χ0v) is 16.1. The molecule has 2 N–H and O–H groups in total. The summed E-state index contributed by atoms with van der Waals surface area (Å²) in [5.74, 6) is -1.43. The van der Waals surface area contributed by atoms with Gasteiger partial charge in [0.2, 0.25) is 0 Å². The van der Waals surface area contributed by atoms with E-state index >= 15 is 0 Å². The van der Waals surface area contributed by atoms with Gasteiger partial charge in [-0.3, -0.25) is 19.3 Å². The number of amides is 4. The smallest absolute Gasteiger partial charge is 0.327 e. The lowest BCUT2D eigenvalue weighted by Crippen LogP contribution is -2.54. The highest BCUT2D eigenvalue weighted by molar-refractivity contribution is 6.09. The van der Waals surface area contributed by atoms with Crippen LogP contribution in [0.1, 0.15) is 65.2 Å². The molecule has 8 heteroatoms. The number of rotatable bonds is 5. The van der Waals surface area contributed by atoms with Crippen LogP contribution < -0.4 is 10.6 Å². The molecule has 1 heterocycles. The lowest BCUT2D eigenvalue weighted by molar-refractivity contribution is -0.157. The SMILES string of the molecule is C[C@H](OC(=O)CN1C(=O)N[C@@]2(CCCC[C@H]2C)C1=O)C(=O)NC1CCCC1. The summed E-state index contributed by atoms with van der Waals surface area (Å²) in [6, 6.07) is -0.425. The van der Waals surface area contributed by atoms with Gasteiger partial charge in [0.15, 0.2) is 6.10 Å². The van der Waals surface area contributed by atoms with Crippen molar-refractivity contribution >= 4 is 23.8 Å². The Kier molecular flexibility index (Phi) is 5.72. The first kappa shape index (κ1) is 19.6. The number of nitrogens with one attached hydrogen (secondary N) is 2. The summed E-state index contributed by atoms with van der Waals surface area (Å²) < 4.78 is 5.16. The number of carbonyl (C=O) groups is 4. The van der Waals surface area contributed by atoms with E-state index in [1.54, 1.807) is 0 Å². The third kappa shape index (κ3) is 3.94. The van der Waals surface area contributed by atoms with Gasteiger partial charge in [-0.15, -0.1) is 0 Å². The zero-order chi connectivity index (χ0) is 19.6. The van der Waals surface area contributed by atoms with Crippen molar-refractivity contribution in [1.82, 2.24) is 15.5 Å². The molecule has 2 saturated carbocycles. The molecule has 150 valence electrons. The average Bonchev–Trinajstić information content (AvgIpc) is 3.20. The second-order valence-electron chi connectivity index (χ2n) is 8.06. The lowest BCUT2D eigenvalue weighted by Gasteiger charge is -2.36. The molecule has 1 spiro atoms. The lowest BCUT2D eigenvalue weighted by atomic mass is 9.73. The predicted octanol–water partition coefficient (Wildman–Crippen LogP) is 1.48. The zero-order valence-electron chi connectivity index (χ0n) is 16.1. The van der Waals surface area contributed by atoms with Crippen LogP contribution in [-0.2, 0) is 19.1 Å². The van der Waals surface area contributed by atoms with Gasteiger partial charge in [0.1, 0.15) is 12.1 Å². The molecule has 0 aromatic carbocycles. The molecule has 3 rings (SSSR count). The van der Waals surface area contributed by atoms with E-state index in [1.807, 2.05) is 6.92 Å². The van der Waals surface area contributed by atoms with Crippen LogP contribution in [0.3, 0.4) is 0 Å². The second kappa shape index (κ2) is 7.86. The standard InChI is InChI=1S/C19H29N3O5/c1-12-7-5-6-10-19(12)17(25)22(18(26)21-19)11-15(23)27-13(2)16(24)20-14-8-3-4-9-14/h12-14H,3-11H2,1-2H3,(H,20,24)(H,21,26)/t12-,13+,19-/m1/s1. The highest BCUT2D eigenvalue weighted by Crippen LogP contribution is 2.38. The molecule has 0 bridgehead atoms. The molecule has 1 saturated heterocycles. The van der Waals surface area contributed by atoms with Crippen molar-refractivity contribution < 1.29 is 23.9 Å². The van der Waals surface area contributed by atoms with Gasteiger partial charge in [-0.2, -0.15) is 0 Å². The number of imide groups is 1. The predicted molar refractivity (Wildman–Crippen MR) is 96.6 cm³/mol. The Morgan fingerprint density at radius 2 is 1.89 bits per heavy atom. The largest absolute Gasteiger partial charge is 0.451 e. The first-order valence-electron chi connectivity index (χ1n) is 9.97. The van der Waals surface area contributed by atoms with E-state index in [-0.39, 0.29) is 23.8 Å². The van der Waals surface area contributed by atoms with Crippen LogP contribution in [0, 0.1) is 5.92 Å². The van der Waals surface area contributed by atoms with E-state index < -0.39 is 30.2 Å². The summed E-state index contributed by atoms with van der Waals surface area (Å²) in [6.45, 7) is 2.98. The molecule has 0 unspecified atom stereocenters. The number of carbonyl (C=O) groups excluding carboxylic acids is 4. The number of hydrogen-bond donors (Lipinski definition) is 2. The summed E-state index contributed by atoms with van der Waals surface area (Å²) in [5.41, 5.74) is -0.902. The molecule has 1 aliphatic heterocycles. The first-order chi connectivity index (χ1) is 12.8. The molecular formula is C19H29N3O5. The van der Waals surface area contributed by atoms with E-state index in [0.29, 0.717) is 6.42 Å². The minimum atomic E-state index is -0.957. The van der Waals surface area contributed by atoms with Crippen LogP contribution in [0.2, 0.25) is 0 Å². The van der Waals surface area contributed by atoms with Gasteiger partial charge in [-0.1, -0.05) is 32.6 Å². The minimum absolute atomic E-state index is 0.0276. The van der Waals surface area contributed by atoms with Gasteiger partial charge in [0, 0.05) is 6.04 Å². The summed E-state index contributed by atoms with van der Waals surface area (Å²) in [7, 11) is 0. The van der Waals surface area contributed by atoms with Crippen LogP contribution in [0.25, 0.3) is 0 Å². The van der Waals surface area contributed by atoms with Crippen LogP contribution in [0.4, 0.5) is 4.79 Å². The fourth-order valence-corrected chi connectivity index (χ4v) is 4.44. The maximum absolute atomic E-state index is 12.8. The quantitative estimate of drug-likeness (QED) is 0.556. The Morgan fingerprint density at radius 3 is 2.56 bits per heavy atom. The highest BCUT2D eigenvalue weighted by Gasteiger charge is 2.55. The number of esters is 1. The van der Waals surface area contributed by atoms with Crippen LogP contribution >= 0.6 is 0 Å². The fraction of sp³-hybridized carbons (Fsp3) is 0.789. The van der Waals surface area contributed by atoms with Crippen LogP contribution in [0.15, 0.2) is 0 Å². The van der Waals surface area contributed by atoms with Gasteiger partial charge < -0.3 is 15.4 Å². The molecule has 3 fully saturated rings. The van der Waals surface area contributed by atoms with E-state index in [4.69, 9.17) is 4.74 Å². The highest BCUT2D eigenvalue weighted by atomic mass is 16.5. The van der Waals surface area contributed by atoms with E-state index in [0.717, 1.165) is 49.8 Å². The Hall–Kier alpha value is -2.12. The van der Waals surface area contributed by atoms with E-state index in [2.05, 4.69) is 10.6 Å². The third-order valence-corrected chi connectivity index (χ3v) is 6.17. The van der Waals surface area contributed by atoms with E-state index in [9.17, 15) is 19.2 Å². The number of ether oxygens (including phenoxy) is 1. The molecule has 3 aliphatic rings. The monoisotopic (exact) mass is 379 g/mol. The molecule has 4 amide bonds. The van der Waals surface area contributed by atoms with Crippen molar-refractivity contribution in [2.24, 2.45) is 5.92 Å². The van der Waals surface area contributed by atoms with Gasteiger partial charge in [0.25, 0.3) is 11.8 Å². The van der Waals surface area contributed by atoms with Crippen molar-refractivity contribution in [3.05, 3.63) is 0 Å². The molecule has 27 heavy (non-hydrogen) atoms. The molecule has 0 aromatic heterocycles. The summed E-state index contributed by atoms with van der Waals surface area (Å²) in [5, 5.41) is 5.67. The van der Waals surface area contributed by atoms with Crippen molar-refractivity contribution in [3.63, 3.8) is 0 Å². The molecule has 3 atom stereocenters. The minimum Gasteiger partial charge on any atom is -0.451 e. The topological polar surface area (TPSA) is 105 Å². The number of nitrogens with zero attached hydrogens (tertiary/aromatic N) is 1. The Balaban J connectivity index is 1.54. The molecule has 0 aromatic rings. The maximum atomic E-state index is 12.8. The fourth-order valence-electron chi connectivity index (χ4n) is 4.44. The Labute approximate surface area is 159 Å². The van der Waals surface area contributed by atoms with Crippen molar-refractivity contribution in [2.45, 2.75) is 82.9 Å². The molecule has 8 nitrogen and oxygen atoms in total. The Bertz CT molecular complexity index is 631. The number of hydrogen-bond acceptors (Lipinski definition) is 5. The van der Waals surface area contributed by atoms with Gasteiger partial charge in [-0.05, 0) is 38.5 Å². The van der Waals surface area contributed by atoms with E-state index in [1.165, 1.54) is 6.92 Å². The van der Waals surface area contributed by atoms with Crippen LogP contribution in [-0.4, -0.2) is 52.9 Å². The molecule has 0 radical (unpaired) electrons. The maximum Gasteiger partial charge on any atom is 0.327 e. The van der Waals surface area contributed by atoms with Gasteiger partial charge in [0.05, 0.1) is 0 Å². The molecular weight excluding hydrogens is 350 g/mol. The third-order valence-electron chi connectivity index (χ3n) is 6.17. The van der Waals surface area contributed by atoms with Gasteiger partial charge in [-0.25, -0.2) is 4.79 Å². The summed E-state index contributed by atoms with van der Waals surface area (Å²) in [6.07, 6.45) is 6.45. The van der Waals surface area contributed by atoms with Gasteiger partial charge >= 0.3 is 12.0 Å². The van der Waals surface area contributed by atoms with Crippen LogP contribution in [0.5, 0.6) is 0 Å². The Morgan fingerprint density at radius 1 is 1.22 bits per heavy atom. The average molecular weight is 379 g/mol. The second-order valence-corrected chi connectivity index (χ2v) is 8.06. The number of urea groups is 1. The van der Waals surface area contributed by atoms with Crippen molar-refractivity contribution in [1.29, 1.82) is 0 Å².